The molecule has 118 valence electrons. The Morgan fingerprint density at radius 3 is 2.76 bits per heavy atom. The Morgan fingerprint density at radius 1 is 1.29 bits per heavy atom. The predicted octanol–water partition coefficient (Wildman–Crippen LogP) is 2.52. The van der Waals surface area contributed by atoms with Crippen LogP contribution in [-0.2, 0) is 6.54 Å². The van der Waals surface area contributed by atoms with Crippen LogP contribution in [0.5, 0.6) is 0 Å². The highest BCUT2D eigenvalue weighted by Crippen LogP contribution is 2.34. The minimum atomic E-state index is 0.431. The maximum atomic E-state index is 4.13. The average molecular weight is 290 g/mol. The fourth-order valence-electron chi connectivity index (χ4n) is 4.18. The van der Waals surface area contributed by atoms with Crippen LogP contribution in [0.15, 0.2) is 18.7 Å². The van der Waals surface area contributed by atoms with E-state index < -0.39 is 0 Å². The molecule has 1 unspecified atom stereocenters. The Hall–Kier alpha value is -0.870. The topological polar surface area (TPSA) is 33.1 Å². The van der Waals surface area contributed by atoms with Crippen LogP contribution < -0.4 is 5.32 Å². The quantitative estimate of drug-likeness (QED) is 0.904. The van der Waals surface area contributed by atoms with Crippen molar-refractivity contribution in [1.29, 1.82) is 0 Å². The lowest BCUT2D eigenvalue weighted by Crippen LogP contribution is -2.64. The maximum absolute atomic E-state index is 4.13. The standard InChI is InChI=1S/C17H30N4/c1-15(2)16-12-19-17(6-3-4-7-17)13-21(16)10-5-9-20-11-8-18-14-20/h8,11,14-16,19H,3-7,9-10,12-13H2,1-2H3. The highest BCUT2D eigenvalue weighted by Gasteiger charge is 2.41. The van der Waals surface area contributed by atoms with Crippen molar-refractivity contribution < 1.29 is 0 Å². The number of hydrogen-bond donors (Lipinski definition) is 1. The molecule has 3 rings (SSSR count). The first-order chi connectivity index (χ1) is 10.2. The lowest BCUT2D eigenvalue weighted by Gasteiger charge is -2.48. The molecule has 1 spiro atoms. The van der Waals surface area contributed by atoms with Gasteiger partial charge in [-0.2, -0.15) is 0 Å². The first-order valence-corrected chi connectivity index (χ1v) is 8.63. The van der Waals surface area contributed by atoms with Crippen LogP contribution >= 0.6 is 0 Å². The lowest BCUT2D eigenvalue weighted by molar-refractivity contribution is 0.0552. The Bertz CT molecular complexity index is 420. The molecule has 1 saturated carbocycles. The van der Waals surface area contributed by atoms with Gasteiger partial charge in [0.25, 0.3) is 0 Å². The minimum absolute atomic E-state index is 0.431. The van der Waals surface area contributed by atoms with Crippen LogP contribution in [0, 0.1) is 5.92 Å². The van der Waals surface area contributed by atoms with Crippen molar-refractivity contribution in [3.63, 3.8) is 0 Å². The molecule has 0 amide bonds. The number of piperazine rings is 1. The first kappa shape index (κ1) is 15.0. The van der Waals surface area contributed by atoms with Crippen molar-refractivity contribution in [2.75, 3.05) is 19.6 Å². The van der Waals surface area contributed by atoms with Gasteiger partial charge in [0.15, 0.2) is 0 Å². The molecule has 1 aliphatic heterocycles. The van der Waals surface area contributed by atoms with Crippen LogP contribution in [-0.4, -0.2) is 45.7 Å². The molecule has 1 saturated heterocycles. The van der Waals surface area contributed by atoms with Gasteiger partial charge in [0, 0.05) is 50.2 Å². The third-order valence-electron chi connectivity index (χ3n) is 5.41. The van der Waals surface area contributed by atoms with E-state index in [0.29, 0.717) is 11.6 Å². The monoisotopic (exact) mass is 290 g/mol. The number of nitrogens with zero attached hydrogens (tertiary/aromatic N) is 3. The maximum Gasteiger partial charge on any atom is 0.0945 e. The largest absolute Gasteiger partial charge is 0.337 e. The van der Waals surface area contributed by atoms with Crippen LogP contribution in [0.3, 0.4) is 0 Å². The van der Waals surface area contributed by atoms with Gasteiger partial charge in [-0.25, -0.2) is 4.98 Å². The van der Waals surface area contributed by atoms with Gasteiger partial charge in [-0.05, 0) is 25.2 Å². The molecular weight excluding hydrogens is 260 g/mol. The SMILES string of the molecule is CC(C)C1CNC2(CCCC2)CN1CCCn1ccnc1. The molecule has 0 aromatic carbocycles. The van der Waals surface area contributed by atoms with E-state index in [1.165, 1.54) is 51.7 Å². The van der Waals surface area contributed by atoms with Crippen molar-refractivity contribution in [1.82, 2.24) is 19.8 Å². The van der Waals surface area contributed by atoms with E-state index in [-0.39, 0.29) is 0 Å². The van der Waals surface area contributed by atoms with Crippen molar-refractivity contribution in [3.8, 4) is 0 Å². The molecule has 2 heterocycles. The van der Waals surface area contributed by atoms with Gasteiger partial charge < -0.3 is 9.88 Å². The smallest absolute Gasteiger partial charge is 0.0945 e. The molecule has 1 aromatic heterocycles. The summed E-state index contributed by atoms with van der Waals surface area (Å²) in [6, 6.07) is 0.694. The second-order valence-corrected chi connectivity index (χ2v) is 7.30. The predicted molar refractivity (Wildman–Crippen MR) is 86.2 cm³/mol. The van der Waals surface area contributed by atoms with E-state index in [0.717, 1.165) is 12.5 Å². The Kier molecular flexibility index (Phi) is 4.65. The van der Waals surface area contributed by atoms with E-state index in [1.807, 2.05) is 12.5 Å². The summed E-state index contributed by atoms with van der Waals surface area (Å²) in [6.07, 6.45) is 12.6. The fraction of sp³-hybridized carbons (Fsp3) is 0.824. The molecule has 1 aromatic rings. The molecule has 21 heavy (non-hydrogen) atoms. The van der Waals surface area contributed by atoms with Crippen molar-refractivity contribution in [2.24, 2.45) is 5.92 Å². The van der Waals surface area contributed by atoms with E-state index >= 15 is 0 Å². The van der Waals surface area contributed by atoms with E-state index in [9.17, 15) is 0 Å². The van der Waals surface area contributed by atoms with E-state index in [4.69, 9.17) is 0 Å². The first-order valence-electron chi connectivity index (χ1n) is 8.63. The third-order valence-corrected chi connectivity index (χ3v) is 5.41. The molecule has 1 aliphatic carbocycles. The van der Waals surface area contributed by atoms with Gasteiger partial charge in [-0.15, -0.1) is 0 Å². The van der Waals surface area contributed by atoms with Gasteiger partial charge in [-0.3, -0.25) is 4.90 Å². The lowest BCUT2D eigenvalue weighted by atomic mass is 9.89. The summed E-state index contributed by atoms with van der Waals surface area (Å²) in [4.78, 5) is 6.90. The van der Waals surface area contributed by atoms with Crippen molar-refractivity contribution in [3.05, 3.63) is 18.7 Å². The van der Waals surface area contributed by atoms with Crippen LogP contribution in [0.4, 0.5) is 0 Å². The fourth-order valence-corrected chi connectivity index (χ4v) is 4.18. The second-order valence-electron chi connectivity index (χ2n) is 7.30. The summed E-state index contributed by atoms with van der Waals surface area (Å²) in [7, 11) is 0. The molecular formula is C17H30N4. The van der Waals surface area contributed by atoms with E-state index in [1.54, 1.807) is 0 Å². The molecule has 1 N–H and O–H groups in total. The third kappa shape index (κ3) is 3.49. The summed E-state index contributed by atoms with van der Waals surface area (Å²) in [5, 5.41) is 3.90. The van der Waals surface area contributed by atoms with Crippen LogP contribution in [0.25, 0.3) is 0 Å². The zero-order chi connectivity index (χ0) is 14.7. The summed E-state index contributed by atoms with van der Waals surface area (Å²) in [6.45, 7) is 9.44. The normalized spacial score (nSPS) is 26.0. The van der Waals surface area contributed by atoms with Gasteiger partial charge >= 0.3 is 0 Å². The number of rotatable bonds is 5. The van der Waals surface area contributed by atoms with Gasteiger partial charge in [-0.1, -0.05) is 26.7 Å². The molecule has 2 fully saturated rings. The van der Waals surface area contributed by atoms with Crippen LogP contribution in [0.1, 0.15) is 46.0 Å². The number of hydrogen-bond acceptors (Lipinski definition) is 3. The minimum Gasteiger partial charge on any atom is -0.337 e. The average Bonchev–Trinajstić information content (AvgIpc) is 3.11. The zero-order valence-corrected chi connectivity index (χ0v) is 13.6. The highest BCUT2D eigenvalue weighted by molar-refractivity contribution is 5.01. The number of aromatic nitrogens is 2. The molecule has 1 atom stereocenters. The molecule has 4 nitrogen and oxygen atoms in total. The number of nitrogens with one attached hydrogen (secondary N) is 1. The summed E-state index contributed by atoms with van der Waals surface area (Å²) < 4.78 is 2.19. The molecule has 0 radical (unpaired) electrons. The summed E-state index contributed by atoms with van der Waals surface area (Å²) >= 11 is 0. The second kappa shape index (κ2) is 6.49. The summed E-state index contributed by atoms with van der Waals surface area (Å²) in [5.41, 5.74) is 0.431. The highest BCUT2D eigenvalue weighted by atomic mass is 15.3. The Labute approximate surface area is 128 Å². The van der Waals surface area contributed by atoms with Crippen molar-refractivity contribution >= 4 is 0 Å². The van der Waals surface area contributed by atoms with Gasteiger partial charge in [0.1, 0.15) is 0 Å². The number of aryl methyl sites for hydroxylation is 1. The molecule has 2 aliphatic rings. The molecule has 0 bridgehead atoms. The van der Waals surface area contributed by atoms with Crippen molar-refractivity contribution in [2.45, 2.75) is 64.1 Å². The summed E-state index contributed by atoms with van der Waals surface area (Å²) in [5.74, 6) is 0.726. The van der Waals surface area contributed by atoms with E-state index in [2.05, 4.69) is 39.8 Å². The zero-order valence-electron chi connectivity index (χ0n) is 13.6. The molecule has 4 heteroatoms. The number of imidazole rings is 1. The Balaban J connectivity index is 1.57. The van der Waals surface area contributed by atoms with Crippen LogP contribution in [0.2, 0.25) is 0 Å². The van der Waals surface area contributed by atoms with Gasteiger partial charge in [0.2, 0.25) is 0 Å². The van der Waals surface area contributed by atoms with Gasteiger partial charge in [0.05, 0.1) is 6.33 Å². The Morgan fingerprint density at radius 2 is 2.10 bits per heavy atom.